The van der Waals surface area contributed by atoms with Crippen LogP contribution in [0.5, 0.6) is 0 Å². The maximum Gasteiger partial charge on any atom is 0.306 e. The Morgan fingerprint density at radius 3 is 2.85 bits per heavy atom. The summed E-state index contributed by atoms with van der Waals surface area (Å²) in [4.78, 5) is 12.1. The van der Waals surface area contributed by atoms with Crippen molar-refractivity contribution in [2.75, 3.05) is 19.4 Å². The predicted octanol–water partition coefficient (Wildman–Crippen LogP) is 4.06. The molecule has 0 saturated heterocycles. The van der Waals surface area contributed by atoms with Crippen molar-refractivity contribution in [3.63, 3.8) is 0 Å². The summed E-state index contributed by atoms with van der Waals surface area (Å²) in [5.41, 5.74) is 1.11. The summed E-state index contributed by atoms with van der Waals surface area (Å²) in [5, 5.41) is 4.19. The average molecular weight is 316 g/mol. The van der Waals surface area contributed by atoms with Crippen LogP contribution in [-0.4, -0.2) is 25.4 Å². The predicted molar refractivity (Wildman–Crippen MR) is 85.5 cm³/mol. The third kappa shape index (κ3) is 5.73. The van der Waals surface area contributed by atoms with Crippen LogP contribution in [0.3, 0.4) is 0 Å². The zero-order valence-corrected chi connectivity index (χ0v) is 13.8. The van der Waals surface area contributed by atoms with Gasteiger partial charge in [0.05, 0.1) is 13.5 Å². The maximum absolute atomic E-state index is 11.0. The number of nitrogens with one attached hydrogen (secondary N) is 1. The van der Waals surface area contributed by atoms with Gasteiger partial charge in [0.15, 0.2) is 0 Å². The molecule has 0 fully saturated rings. The molecule has 1 aromatic rings. The molecule has 1 N–H and O–H groups in total. The van der Waals surface area contributed by atoms with E-state index in [4.69, 9.17) is 11.6 Å². The van der Waals surface area contributed by atoms with Crippen LogP contribution in [0.1, 0.15) is 38.3 Å². The SMILES string of the molecule is CCCNC(C)c1ccc(SCCC(=O)OC)cc1Cl. The van der Waals surface area contributed by atoms with Crippen LogP contribution in [0.2, 0.25) is 5.02 Å². The molecule has 5 heteroatoms. The lowest BCUT2D eigenvalue weighted by Crippen LogP contribution is -2.19. The molecule has 0 amide bonds. The van der Waals surface area contributed by atoms with Crippen LogP contribution in [0.15, 0.2) is 23.1 Å². The summed E-state index contributed by atoms with van der Waals surface area (Å²) in [5.74, 6) is 0.518. The van der Waals surface area contributed by atoms with E-state index < -0.39 is 0 Å². The van der Waals surface area contributed by atoms with E-state index in [1.165, 1.54) is 7.11 Å². The Morgan fingerprint density at radius 2 is 2.25 bits per heavy atom. The van der Waals surface area contributed by atoms with Gasteiger partial charge in [-0.25, -0.2) is 0 Å². The quantitative estimate of drug-likeness (QED) is 0.580. The first-order valence-electron chi connectivity index (χ1n) is 6.81. The minimum absolute atomic E-state index is 0.183. The van der Waals surface area contributed by atoms with Crippen molar-refractivity contribution in [2.24, 2.45) is 0 Å². The summed E-state index contributed by atoms with van der Waals surface area (Å²) < 4.78 is 4.61. The summed E-state index contributed by atoms with van der Waals surface area (Å²) in [7, 11) is 1.41. The maximum atomic E-state index is 11.0. The number of thioether (sulfide) groups is 1. The Morgan fingerprint density at radius 1 is 1.50 bits per heavy atom. The number of halogens is 1. The summed E-state index contributed by atoms with van der Waals surface area (Å²) in [6.07, 6.45) is 1.51. The van der Waals surface area contributed by atoms with Crippen LogP contribution in [0.4, 0.5) is 0 Å². The Labute approximate surface area is 130 Å². The first-order chi connectivity index (χ1) is 9.58. The highest BCUT2D eigenvalue weighted by molar-refractivity contribution is 7.99. The number of rotatable bonds is 8. The first-order valence-corrected chi connectivity index (χ1v) is 8.17. The molecule has 0 radical (unpaired) electrons. The van der Waals surface area contributed by atoms with Crippen LogP contribution < -0.4 is 5.32 Å². The molecule has 3 nitrogen and oxygen atoms in total. The van der Waals surface area contributed by atoms with E-state index in [-0.39, 0.29) is 12.0 Å². The van der Waals surface area contributed by atoms with Crippen LogP contribution >= 0.6 is 23.4 Å². The summed E-state index contributed by atoms with van der Waals surface area (Å²) >= 11 is 7.94. The molecule has 0 bridgehead atoms. The smallest absolute Gasteiger partial charge is 0.306 e. The minimum Gasteiger partial charge on any atom is -0.469 e. The monoisotopic (exact) mass is 315 g/mol. The Kier molecular flexibility index (Phi) is 8.04. The van der Waals surface area contributed by atoms with Gasteiger partial charge in [-0.2, -0.15) is 0 Å². The van der Waals surface area contributed by atoms with Gasteiger partial charge in [0, 0.05) is 21.7 Å². The number of hydrogen-bond acceptors (Lipinski definition) is 4. The zero-order valence-electron chi connectivity index (χ0n) is 12.2. The highest BCUT2D eigenvalue weighted by Crippen LogP contribution is 2.28. The first kappa shape index (κ1) is 17.3. The second-order valence-corrected chi connectivity index (χ2v) is 6.11. The topological polar surface area (TPSA) is 38.3 Å². The normalized spacial score (nSPS) is 12.2. The number of ether oxygens (including phenoxy) is 1. The number of methoxy groups -OCH3 is 1. The van der Waals surface area contributed by atoms with Gasteiger partial charge < -0.3 is 10.1 Å². The third-order valence-electron chi connectivity index (χ3n) is 2.94. The minimum atomic E-state index is -0.183. The molecule has 0 aliphatic heterocycles. The molecule has 1 rings (SSSR count). The fourth-order valence-corrected chi connectivity index (χ4v) is 3.05. The van der Waals surface area contributed by atoms with Gasteiger partial charge in [0.25, 0.3) is 0 Å². The molecule has 1 aromatic carbocycles. The molecule has 1 unspecified atom stereocenters. The Bertz CT molecular complexity index is 440. The average Bonchev–Trinajstić information content (AvgIpc) is 2.44. The number of carbonyl (C=O) groups is 1. The highest BCUT2D eigenvalue weighted by Gasteiger charge is 2.10. The molecule has 0 spiro atoms. The van der Waals surface area contributed by atoms with Crippen molar-refractivity contribution < 1.29 is 9.53 Å². The van der Waals surface area contributed by atoms with Gasteiger partial charge in [0.1, 0.15) is 0 Å². The third-order valence-corrected chi connectivity index (χ3v) is 4.26. The molecule has 0 aliphatic rings. The molecule has 0 saturated carbocycles. The number of benzene rings is 1. The Hall–Kier alpha value is -0.710. The van der Waals surface area contributed by atoms with Crippen molar-refractivity contribution in [1.82, 2.24) is 5.32 Å². The van der Waals surface area contributed by atoms with Gasteiger partial charge in [-0.1, -0.05) is 24.6 Å². The number of carbonyl (C=O) groups excluding carboxylic acids is 1. The van der Waals surface area contributed by atoms with Crippen LogP contribution in [0.25, 0.3) is 0 Å². The number of hydrogen-bond donors (Lipinski definition) is 1. The van der Waals surface area contributed by atoms with Gasteiger partial charge in [0.2, 0.25) is 0 Å². The zero-order chi connectivity index (χ0) is 15.0. The van der Waals surface area contributed by atoms with Crippen LogP contribution in [0, 0.1) is 0 Å². The van der Waals surface area contributed by atoms with E-state index in [2.05, 4.69) is 30.0 Å². The van der Waals surface area contributed by atoms with E-state index in [1.807, 2.05) is 12.1 Å². The van der Waals surface area contributed by atoms with Gasteiger partial charge in [-0.05, 0) is 37.6 Å². The van der Waals surface area contributed by atoms with E-state index in [9.17, 15) is 4.79 Å². The van der Waals surface area contributed by atoms with Gasteiger partial charge >= 0.3 is 5.97 Å². The largest absolute Gasteiger partial charge is 0.469 e. The number of esters is 1. The van der Waals surface area contributed by atoms with Gasteiger partial charge in [-0.3, -0.25) is 4.79 Å². The molecule has 20 heavy (non-hydrogen) atoms. The Balaban J connectivity index is 2.56. The second kappa shape index (κ2) is 9.27. The van der Waals surface area contributed by atoms with Crippen molar-refractivity contribution in [1.29, 1.82) is 0 Å². The van der Waals surface area contributed by atoms with Gasteiger partial charge in [-0.15, -0.1) is 11.8 Å². The van der Waals surface area contributed by atoms with Crippen molar-refractivity contribution in [2.45, 2.75) is 37.6 Å². The molecule has 1 atom stereocenters. The molecule has 0 aromatic heterocycles. The fourth-order valence-electron chi connectivity index (χ4n) is 1.77. The molecule has 0 aliphatic carbocycles. The van der Waals surface area contributed by atoms with Crippen LogP contribution in [-0.2, 0) is 9.53 Å². The fraction of sp³-hybridized carbons (Fsp3) is 0.533. The van der Waals surface area contributed by atoms with Crippen molar-refractivity contribution in [3.8, 4) is 0 Å². The summed E-state index contributed by atoms with van der Waals surface area (Å²) in [6, 6.07) is 6.31. The van der Waals surface area contributed by atoms with E-state index in [1.54, 1.807) is 11.8 Å². The van der Waals surface area contributed by atoms with E-state index in [0.717, 1.165) is 28.4 Å². The van der Waals surface area contributed by atoms with E-state index in [0.29, 0.717) is 12.2 Å². The molecular weight excluding hydrogens is 294 g/mol. The molecular formula is C15H22ClNO2S. The van der Waals surface area contributed by atoms with Crippen molar-refractivity contribution in [3.05, 3.63) is 28.8 Å². The standard InChI is InChI=1S/C15H22ClNO2S/c1-4-8-17-11(2)13-6-5-12(10-14(13)16)20-9-7-15(18)19-3/h5-6,10-11,17H,4,7-9H2,1-3H3. The molecule has 112 valence electrons. The lowest BCUT2D eigenvalue weighted by molar-refractivity contribution is -0.140. The summed E-state index contributed by atoms with van der Waals surface area (Å²) in [6.45, 7) is 5.23. The van der Waals surface area contributed by atoms with E-state index >= 15 is 0 Å². The van der Waals surface area contributed by atoms with Crippen molar-refractivity contribution >= 4 is 29.3 Å². The lowest BCUT2D eigenvalue weighted by Gasteiger charge is -2.16. The second-order valence-electron chi connectivity index (χ2n) is 4.53. The lowest BCUT2D eigenvalue weighted by atomic mass is 10.1. The highest BCUT2D eigenvalue weighted by atomic mass is 35.5. The molecule has 0 heterocycles.